The Bertz CT molecular complexity index is 1340. The summed E-state index contributed by atoms with van der Waals surface area (Å²) in [6, 6.07) is 17.4. The van der Waals surface area contributed by atoms with Crippen LogP contribution in [0.15, 0.2) is 71.2 Å². The largest absolute Gasteiger partial charge is 0.384 e. The van der Waals surface area contributed by atoms with E-state index in [2.05, 4.69) is 6.07 Å². The summed E-state index contributed by atoms with van der Waals surface area (Å²) in [5.74, 6) is -0.221. The topological polar surface area (TPSA) is 90.4 Å². The predicted octanol–water partition coefficient (Wildman–Crippen LogP) is 4.07. The molecule has 1 atom stereocenters. The Morgan fingerprint density at radius 1 is 1.00 bits per heavy atom. The Morgan fingerprint density at radius 3 is 2.30 bits per heavy atom. The number of anilines is 2. The maximum atomic E-state index is 14.0. The fourth-order valence-corrected chi connectivity index (χ4v) is 5.75. The zero-order valence-electron chi connectivity index (χ0n) is 19.3. The Balaban J connectivity index is 1.94. The molecule has 2 aromatic carbocycles. The van der Waals surface area contributed by atoms with E-state index >= 15 is 0 Å². The molecule has 2 aliphatic heterocycles. The van der Waals surface area contributed by atoms with Gasteiger partial charge in [0.15, 0.2) is 5.78 Å². The van der Waals surface area contributed by atoms with Crippen molar-refractivity contribution in [2.45, 2.75) is 39.0 Å². The third kappa shape index (κ3) is 2.59. The number of ketones is 1. The standard InChI is InChI=1S/C27H26N4O2/c1-16-9-5-7-11-19(16)31-21-13-26(2,3)14-22(32)23(21)27(18(15-28)24(31)29)17-10-6-8-12-20(17)30(4)25(27)33/h5-12H,13-14,29H2,1-4H3/t27-/m1/s1. The SMILES string of the molecule is Cc1ccccc1N1C(N)=C(C#N)[C@@]2(C(=O)N(C)c3ccccc32)C2=C1CC(C)(C)CC2=O. The lowest BCUT2D eigenvalue weighted by Gasteiger charge is -2.47. The van der Waals surface area contributed by atoms with Gasteiger partial charge in [0.2, 0.25) is 5.91 Å². The number of carbonyl (C=O) groups excluding carboxylic acids is 2. The van der Waals surface area contributed by atoms with Crippen molar-refractivity contribution >= 4 is 23.1 Å². The minimum absolute atomic E-state index is 0.111. The molecule has 0 aromatic heterocycles. The molecule has 1 aliphatic carbocycles. The van der Waals surface area contributed by atoms with Crippen LogP contribution in [0.2, 0.25) is 0 Å². The first kappa shape index (κ1) is 21.0. The monoisotopic (exact) mass is 438 g/mol. The van der Waals surface area contributed by atoms with Crippen LogP contribution in [0.25, 0.3) is 0 Å². The lowest BCUT2D eigenvalue weighted by molar-refractivity contribution is -0.124. The number of carbonyl (C=O) groups is 2. The van der Waals surface area contributed by atoms with Gasteiger partial charge in [-0.05, 0) is 36.5 Å². The van der Waals surface area contributed by atoms with Gasteiger partial charge in [-0.2, -0.15) is 5.26 Å². The van der Waals surface area contributed by atoms with Gasteiger partial charge >= 0.3 is 0 Å². The number of likely N-dealkylation sites (N-methyl/N-ethyl adjacent to an activating group) is 1. The fraction of sp³-hybridized carbons (Fsp3) is 0.296. The molecule has 33 heavy (non-hydrogen) atoms. The summed E-state index contributed by atoms with van der Waals surface area (Å²) >= 11 is 0. The molecule has 166 valence electrons. The van der Waals surface area contributed by atoms with Gasteiger partial charge in [-0.25, -0.2) is 0 Å². The molecule has 0 bridgehead atoms. The van der Waals surface area contributed by atoms with Crippen molar-refractivity contribution in [3.8, 4) is 6.07 Å². The summed E-state index contributed by atoms with van der Waals surface area (Å²) in [6.07, 6.45) is 0.857. The van der Waals surface area contributed by atoms with Gasteiger partial charge in [-0.1, -0.05) is 50.2 Å². The lowest BCUT2D eigenvalue weighted by Crippen LogP contribution is -2.53. The Labute approximate surface area is 193 Å². The van der Waals surface area contributed by atoms with Crippen LogP contribution in [0, 0.1) is 23.7 Å². The molecule has 0 fully saturated rings. The van der Waals surface area contributed by atoms with Gasteiger partial charge in [-0.3, -0.25) is 14.5 Å². The van der Waals surface area contributed by atoms with Crippen LogP contribution >= 0.6 is 0 Å². The minimum Gasteiger partial charge on any atom is -0.384 e. The average Bonchev–Trinajstić information content (AvgIpc) is 2.97. The van der Waals surface area contributed by atoms with Gasteiger partial charge in [0.25, 0.3) is 0 Å². The van der Waals surface area contributed by atoms with Gasteiger partial charge in [0.05, 0.1) is 11.3 Å². The number of Topliss-reactive ketones (excluding diaryl/α,β-unsaturated/α-hetero) is 1. The molecule has 3 aliphatic rings. The molecule has 0 saturated heterocycles. The summed E-state index contributed by atoms with van der Waals surface area (Å²) in [5, 5.41) is 10.4. The Morgan fingerprint density at radius 2 is 1.64 bits per heavy atom. The quantitative estimate of drug-likeness (QED) is 0.725. The second kappa shape index (κ2) is 6.82. The molecule has 1 amide bonds. The Hall–Kier alpha value is -3.85. The fourth-order valence-electron chi connectivity index (χ4n) is 5.75. The third-order valence-electron chi connectivity index (χ3n) is 7.13. The van der Waals surface area contributed by atoms with E-state index in [4.69, 9.17) is 5.73 Å². The number of nitrogens with two attached hydrogens (primary N) is 1. The zero-order chi connectivity index (χ0) is 23.7. The minimum atomic E-state index is -1.52. The summed E-state index contributed by atoms with van der Waals surface area (Å²) in [5.41, 5.74) is 9.24. The van der Waals surface area contributed by atoms with Crippen LogP contribution in [0.1, 0.15) is 37.8 Å². The maximum absolute atomic E-state index is 14.0. The predicted molar refractivity (Wildman–Crippen MR) is 127 cm³/mol. The molecule has 6 heteroatoms. The average molecular weight is 439 g/mol. The van der Waals surface area contributed by atoms with Gasteiger partial charge in [0, 0.05) is 36.0 Å². The first-order chi connectivity index (χ1) is 15.6. The highest BCUT2D eigenvalue weighted by Gasteiger charge is 2.62. The van der Waals surface area contributed by atoms with Crippen molar-refractivity contribution in [3.63, 3.8) is 0 Å². The number of benzene rings is 2. The number of nitrogens with zero attached hydrogens (tertiary/aromatic N) is 3. The van der Waals surface area contributed by atoms with E-state index in [1.54, 1.807) is 11.9 Å². The second-order valence-electron chi connectivity index (χ2n) is 9.89. The molecular weight excluding hydrogens is 412 g/mol. The molecular formula is C27H26N4O2. The van der Waals surface area contributed by atoms with Crippen molar-refractivity contribution in [1.82, 2.24) is 0 Å². The van der Waals surface area contributed by atoms with E-state index in [0.29, 0.717) is 35.4 Å². The van der Waals surface area contributed by atoms with Crippen LogP contribution in [0.4, 0.5) is 11.4 Å². The van der Waals surface area contributed by atoms with Gasteiger partial charge < -0.3 is 10.6 Å². The maximum Gasteiger partial charge on any atom is 0.247 e. The third-order valence-corrected chi connectivity index (χ3v) is 7.13. The van der Waals surface area contributed by atoms with Crippen LogP contribution in [-0.2, 0) is 15.0 Å². The van der Waals surface area contributed by atoms with Gasteiger partial charge in [-0.15, -0.1) is 0 Å². The number of hydrogen-bond donors (Lipinski definition) is 1. The normalized spacial score (nSPS) is 23.7. The molecule has 2 aromatic rings. The van der Waals surface area contributed by atoms with Crippen LogP contribution in [0.3, 0.4) is 0 Å². The number of hydrogen-bond acceptors (Lipinski definition) is 5. The molecule has 0 radical (unpaired) electrons. The van der Waals surface area contributed by atoms with E-state index in [9.17, 15) is 14.9 Å². The van der Waals surface area contributed by atoms with Crippen molar-refractivity contribution in [1.29, 1.82) is 5.26 Å². The zero-order valence-corrected chi connectivity index (χ0v) is 19.3. The molecule has 0 saturated carbocycles. The van der Waals surface area contributed by atoms with Crippen molar-refractivity contribution < 1.29 is 9.59 Å². The summed E-state index contributed by atoms with van der Waals surface area (Å²) in [6.45, 7) is 6.07. The van der Waals surface area contributed by atoms with Crippen molar-refractivity contribution in [3.05, 3.63) is 82.3 Å². The second-order valence-corrected chi connectivity index (χ2v) is 9.89. The number of allylic oxidation sites excluding steroid dienone is 1. The highest BCUT2D eigenvalue weighted by Crippen LogP contribution is 2.58. The van der Waals surface area contributed by atoms with E-state index < -0.39 is 5.41 Å². The molecule has 2 N–H and O–H groups in total. The molecule has 6 nitrogen and oxygen atoms in total. The van der Waals surface area contributed by atoms with E-state index in [1.165, 1.54) is 0 Å². The van der Waals surface area contributed by atoms with Crippen molar-refractivity contribution in [2.75, 3.05) is 16.8 Å². The smallest absolute Gasteiger partial charge is 0.247 e. The van der Waals surface area contributed by atoms with Crippen LogP contribution in [0.5, 0.6) is 0 Å². The summed E-state index contributed by atoms with van der Waals surface area (Å²) in [7, 11) is 1.69. The molecule has 5 rings (SSSR count). The summed E-state index contributed by atoms with van der Waals surface area (Å²) in [4.78, 5) is 31.3. The number of nitriles is 1. The first-order valence-electron chi connectivity index (χ1n) is 11.1. The van der Waals surface area contributed by atoms with E-state index in [1.807, 2.05) is 74.2 Å². The molecule has 0 unspecified atom stereocenters. The number of rotatable bonds is 1. The van der Waals surface area contributed by atoms with Crippen molar-refractivity contribution in [2.24, 2.45) is 11.1 Å². The molecule has 2 heterocycles. The van der Waals surface area contributed by atoms with Gasteiger partial charge in [0.1, 0.15) is 17.3 Å². The van der Waals surface area contributed by atoms with E-state index in [0.717, 1.165) is 11.3 Å². The molecule has 1 spiro atoms. The van der Waals surface area contributed by atoms with Crippen LogP contribution < -0.4 is 15.5 Å². The first-order valence-corrected chi connectivity index (χ1v) is 11.1. The number of amides is 1. The summed E-state index contributed by atoms with van der Waals surface area (Å²) < 4.78 is 0. The number of fused-ring (bicyclic) bond motifs is 3. The highest BCUT2D eigenvalue weighted by molar-refractivity contribution is 6.20. The Kier molecular flexibility index (Phi) is 4.35. The lowest BCUT2D eigenvalue weighted by atomic mass is 9.60. The number of aryl methyl sites for hydroxylation is 1. The van der Waals surface area contributed by atoms with E-state index in [-0.39, 0.29) is 28.5 Å². The number of para-hydroxylation sites is 2. The van der Waals surface area contributed by atoms with Crippen LogP contribution in [-0.4, -0.2) is 18.7 Å². The highest BCUT2D eigenvalue weighted by atomic mass is 16.2.